The Morgan fingerprint density at radius 3 is 2.45 bits per heavy atom. The number of para-hydroxylation sites is 1. The second kappa shape index (κ2) is 9.13. The third kappa shape index (κ3) is 4.73. The number of furan rings is 1. The Balaban J connectivity index is 1.55. The number of carbonyl (C=O) groups excluding carboxylic acids is 2. The van der Waals surface area contributed by atoms with Gasteiger partial charge in [-0.05, 0) is 41.5 Å². The molecule has 0 aliphatic carbocycles. The zero-order chi connectivity index (χ0) is 21.6. The highest BCUT2D eigenvalue weighted by Gasteiger charge is 2.18. The van der Waals surface area contributed by atoms with Crippen molar-refractivity contribution in [2.24, 2.45) is 0 Å². The summed E-state index contributed by atoms with van der Waals surface area (Å²) >= 11 is 0. The lowest BCUT2D eigenvalue weighted by Crippen LogP contribution is -2.14. The minimum absolute atomic E-state index is 0.159. The number of ketones is 1. The fourth-order valence-electron chi connectivity index (χ4n) is 3.18. The average molecular weight is 412 g/mol. The van der Waals surface area contributed by atoms with Crippen molar-refractivity contribution >= 4 is 34.4 Å². The third-order valence-corrected chi connectivity index (χ3v) is 4.74. The van der Waals surface area contributed by atoms with Crippen LogP contribution in [0.4, 0.5) is 0 Å². The van der Waals surface area contributed by atoms with Gasteiger partial charge in [-0.1, -0.05) is 60.7 Å². The monoisotopic (exact) mass is 412 g/mol. The molecule has 0 aliphatic rings. The Hall–Kier alpha value is -4.12. The quantitative estimate of drug-likeness (QED) is 0.176. The van der Waals surface area contributed by atoms with E-state index in [1.165, 1.54) is 0 Å². The van der Waals surface area contributed by atoms with Gasteiger partial charge >= 0.3 is 5.97 Å². The Bertz CT molecular complexity index is 1220. The molecule has 1 heterocycles. The highest BCUT2D eigenvalue weighted by molar-refractivity contribution is 6.22. The Labute approximate surface area is 179 Å². The van der Waals surface area contributed by atoms with Crippen LogP contribution in [0.5, 0.6) is 5.75 Å². The molecule has 31 heavy (non-hydrogen) atoms. The largest absolute Gasteiger partial charge is 0.497 e. The van der Waals surface area contributed by atoms with Gasteiger partial charge in [0.15, 0.2) is 12.4 Å². The van der Waals surface area contributed by atoms with Gasteiger partial charge in [-0.2, -0.15) is 0 Å². The first-order valence-electron chi connectivity index (χ1n) is 9.74. The molecule has 0 fully saturated rings. The number of carbonyl (C=O) groups is 2. The van der Waals surface area contributed by atoms with Gasteiger partial charge in [0, 0.05) is 5.39 Å². The van der Waals surface area contributed by atoms with Gasteiger partial charge in [0.2, 0.25) is 5.78 Å². The molecule has 0 amide bonds. The summed E-state index contributed by atoms with van der Waals surface area (Å²) < 4.78 is 16.2. The molecular weight excluding hydrogens is 392 g/mol. The Morgan fingerprint density at radius 1 is 0.903 bits per heavy atom. The molecule has 0 unspecified atom stereocenters. The van der Waals surface area contributed by atoms with Crippen LogP contribution >= 0.6 is 0 Å². The number of rotatable bonds is 7. The molecule has 3 aromatic carbocycles. The molecular formula is C26H20O5. The van der Waals surface area contributed by atoms with E-state index in [4.69, 9.17) is 13.9 Å². The Kier molecular flexibility index (Phi) is 5.94. The summed E-state index contributed by atoms with van der Waals surface area (Å²) in [5.74, 6) is -0.168. The molecule has 5 nitrogen and oxygen atoms in total. The lowest BCUT2D eigenvalue weighted by Gasteiger charge is -2.09. The topological polar surface area (TPSA) is 65.7 Å². The van der Waals surface area contributed by atoms with E-state index in [1.807, 2.05) is 72.8 Å². The molecule has 0 N–H and O–H groups in total. The second-order valence-electron chi connectivity index (χ2n) is 6.85. The van der Waals surface area contributed by atoms with E-state index in [-0.39, 0.29) is 5.76 Å². The normalized spacial score (nSPS) is 11.3. The molecule has 0 spiro atoms. The number of hydrogen-bond acceptors (Lipinski definition) is 5. The van der Waals surface area contributed by atoms with E-state index < -0.39 is 18.4 Å². The SMILES string of the molecule is COc1cccc(/C=C(\C(=O)OCC(=O)c2cc3ccccc3o2)c2ccccc2)c1. The van der Waals surface area contributed by atoms with Crippen molar-refractivity contribution in [2.75, 3.05) is 13.7 Å². The first-order chi connectivity index (χ1) is 15.1. The van der Waals surface area contributed by atoms with Crippen LogP contribution in [0.3, 0.4) is 0 Å². The number of hydrogen-bond donors (Lipinski definition) is 0. The summed E-state index contributed by atoms with van der Waals surface area (Å²) in [7, 11) is 1.58. The molecule has 1 aromatic heterocycles. The summed E-state index contributed by atoms with van der Waals surface area (Å²) in [5.41, 5.74) is 2.41. The minimum atomic E-state index is -0.599. The van der Waals surface area contributed by atoms with Gasteiger partial charge in [-0.15, -0.1) is 0 Å². The zero-order valence-electron chi connectivity index (χ0n) is 16.9. The van der Waals surface area contributed by atoms with Gasteiger partial charge in [0.25, 0.3) is 0 Å². The maximum Gasteiger partial charge on any atom is 0.339 e. The van der Waals surface area contributed by atoms with E-state index in [2.05, 4.69) is 0 Å². The van der Waals surface area contributed by atoms with E-state index in [0.717, 1.165) is 10.9 Å². The number of ether oxygens (including phenoxy) is 2. The standard InChI is InChI=1S/C26H20O5/c1-29-21-12-7-8-18(14-21)15-22(19-9-3-2-4-10-19)26(28)30-17-23(27)25-16-20-11-5-6-13-24(20)31-25/h2-16H,17H2,1H3/b22-15-. The molecule has 0 bridgehead atoms. The number of Topliss-reactive ketones (excluding diaryl/α,β-unsaturated/α-hetero) is 1. The lowest BCUT2D eigenvalue weighted by molar-refractivity contribution is -0.135. The number of benzene rings is 3. The van der Waals surface area contributed by atoms with Crippen molar-refractivity contribution in [1.29, 1.82) is 0 Å². The molecule has 0 aliphatic heterocycles. The Morgan fingerprint density at radius 2 is 1.68 bits per heavy atom. The molecule has 0 radical (unpaired) electrons. The van der Waals surface area contributed by atoms with Crippen LogP contribution in [0.25, 0.3) is 22.6 Å². The van der Waals surface area contributed by atoms with Crippen LogP contribution in [0.2, 0.25) is 0 Å². The first kappa shape index (κ1) is 20.2. The third-order valence-electron chi connectivity index (χ3n) is 4.74. The van der Waals surface area contributed by atoms with Crippen molar-refractivity contribution < 1.29 is 23.5 Å². The van der Waals surface area contributed by atoms with Crippen LogP contribution in [0.15, 0.2) is 89.3 Å². The van der Waals surface area contributed by atoms with E-state index in [0.29, 0.717) is 22.5 Å². The summed E-state index contributed by atoms with van der Waals surface area (Å²) in [4.78, 5) is 25.4. The summed E-state index contributed by atoms with van der Waals surface area (Å²) in [6, 6.07) is 25.5. The predicted molar refractivity (Wildman–Crippen MR) is 119 cm³/mol. The minimum Gasteiger partial charge on any atom is -0.497 e. The van der Waals surface area contributed by atoms with Gasteiger partial charge in [0.05, 0.1) is 12.7 Å². The maximum atomic E-state index is 12.9. The maximum absolute atomic E-state index is 12.9. The van der Waals surface area contributed by atoms with Crippen molar-refractivity contribution in [1.82, 2.24) is 0 Å². The first-order valence-corrected chi connectivity index (χ1v) is 9.74. The van der Waals surface area contributed by atoms with Crippen LogP contribution < -0.4 is 4.74 Å². The van der Waals surface area contributed by atoms with Crippen LogP contribution in [0.1, 0.15) is 21.7 Å². The van der Waals surface area contributed by atoms with Crippen LogP contribution in [-0.4, -0.2) is 25.5 Å². The molecule has 4 aromatic rings. The highest BCUT2D eigenvalue weighted by atomic mass is 16.5. The van der Waals surface area contributed by atoms with Gasteiger partial charge < -0.3 is 13.9 Å². The molecule has 154 valence electrons. The fraction of sp³-hybridized carbons (Fsp3) is 0.0769. The van der Waals surface area contributed by atoms with Crippen molar-refractivity contribution in [3.63, 3.8) is 0 Å². The molecule has 5 heteroatoms. The van der Waals surface area contributed by atoms with E-state index >= 15 is 0 Å². The highest BCUT2D eigenvalue weighted by Crippen LogP contribution is 2.23. The summed E-state index contributed by atoms with van der Waals surface area (Å²) in [6.45, 7) is -0.416. The molecule has 0 atom stereocenters. The van der Waals surface area contributed by atoms with E-state index in [9.17, 15) is 9.59 Å². The lowest BCUT2D eigenvalue weighted by atomic mass is 10.0. The number of fused-ring (bicyclic) bond motifs is 1. The smallest absolute Gasteiger partial charge is 0.339 e. The second-order valence-corrected chi connectivity index (χ2v) is 6.85. The van der Waals surface area contributed by atoms with Gasteiger partial charge in [0.1, 0.15) is 11.3 Å². The number of methoxy groups -OCH3 is 1. The predicted octanol–water partition coefficient (Wildman–Crippen LogP) is 5.41. The number of esters is 1. The summed E-state index contributed by atoms with van der Waals surface area (Å²) in [6.07, 6.45) is 1.71. The van der Waals surface area contributed by atoms with Crippen LogP contribution in [0, 0.1) is 0 Å². The summed E-state index contributed by atoms with van der Waals surface area (Å²) in [5, 5.41) is 0.820. The van der Waals surface area contributed by atoms with Crippen molar-refractivity contribution in [3.8, 4) is 5.75 Å². The zero-order valence-corrected chi connectivity index (χ0v) is 16.9. The van der Waals surface area contributed by atoms with Crippen LogP contribution in [-0.2, 0) is 9.53 Å². The average Bonchev–Trinajstić information content (AvgIpc) is 3.26. The van der Waals surface area contributed by atoms with Crippen molar-refractivity contribution in [3.05, 3.63) is 102 Å². The van der Waals surface area contributed by atoms with Gasteiger partial charge in [-0.3, -0.25) is 4.79 Å². The van der Waals surface area contributed by atoms with E-state index in [1.54, 1.807) is 25.3 Å². The van der Waals surface area contributed by atoms with Crippen molar-refractivity contribution in [2.45, 2.75) is 0 Å². The molecule has 0 saturated heterocycles. The molecule has 0 saturated carbocycles. The van der Waals surface area contributed by atoms with Gasteiger partial charge in [-0.25, -0.2) is 4.79 Å². The molecule has 4 rings (SSSR count). The fourth-order valence-corrected chi connectivity index (χ4v) is 3.18.